The normalized spacial score (nSPS) is 12.5. The minimum absolute atomic E-state index is 0.457. The zero-order valence-corrected chi connectivity index (χ0v) is 13.6. The third kappa shape index (κ3) is 3.51. The van der Waals surface area contributed by atoms with Crippen LogP contribution in [-0.2, 0) is 0 Å². The highest BCUT2D eigenvalue weighted by atomic mass is 32.3. The lowest BCUT2D eigenvalue weighted by Crippen LogP contribution is -2.20. The lowest BCUT2D eigenvalue weighted by molar-refractivity contribution is 0.468. The summed E-state index contributed by atoms with van der Waals surface area (Å²) in [5.74, 6) is 1.40. The van der Waals surface area contributed by atoms with Crippen molar-refractivity contribution in [2.24, 2.45) is 0 Å². The van der Waals surface area contributed by atoms with Crippen molar-refractivity contribution in [3.8, 4) is 11.5 Å². The third-order valence-corrected chi connectivity index (χ3v) is 5.02. The maximum Gasteiger partial charge on any atom is 0.136 e. The van der Waals surface area contributed by atoms with Crippen LogP contribution < -0.4 is 9.46 Å². The number of aromatic nitrogens is 1. The average molecular weight is 332 g/mol. The van der Waals surface area contributed by atoms with Crippen molar-refractivity contribution in [3.63, 3.8) is 0 Å². The molecule has 6 heteroatoms. The van der Waals surface area contributed by atoms with Gasteiger partial charge in [-0.15, -0.1) is 10.8 Å². The number of fused-ring (bicyclic) bond motifs is 1. The molecule has 122 valence electrons. The van der Waals surface area contributed by atoms with E-state index in [0.717, 1.165) is 23.1 Å². The van der Waals surface area contributed by atoms with Gasteiger partial charge in [0.25, 0.3) is 0 Å². The Hall–Kier alpha value is -1.99. The highest BCUT2D eigenvalue weighted by Gasteiger charge is 2.14. The number of rotatable bonds is 6. The fourth-order valence-corrected chi connectivity index (χ4v) is 3.47. The second-order valence-corrected chi connectivity index (χ2v) is 7.07. The molecule has 0 fully saturated rings. The number of hydrogen-bond acceptors (Lipinski definition) is 4. The van der Waals surface area contributed by atoms with E-state index < -0.39 is 10.8 Å². The molecule has 1 heterocycles. The molecule has 5 nitrogen and oxygen atoms in total. The van der Waals surface area contributed by atoms with Gasteiger partial charge in [-0.2, -0.15) is 0 Å². The molecule has 0 aliphatic heterocycles. The van der Waals surface area contributed by atoms with E-state index in [2.05, 4.69) is 9.71 Å². The maximum absolute atomic E-state index is 10.1. The number of aromatic amines is 1. The third-order valence-electron chi connectivity index (χ3n) is 3.49. The van der Waals surface area contributed by atoms with Crippen LogP contribution in [0.4, 0.5) is 0 Å². The van der Waals surface area contributed by atoms with E-state index in [1.54, 1.807) is 24.3 Å². The molecule has 0 aliphatic carbocycles. The Kier molecular flexibility index (Phi) is 4.58. The van der Waals surface area contributed by atoms with E-state index >= 15 is 0 Å². The summed E-state index contributed by atoms with van der Waals surface area (Å²) in [6.07, 6.45) is 2.70. The Morgan fingerprint density at radius 1 is 1.09 bits per heavy atom. The highest BCUT2D eigenvalue weighted by Crippen LogP contribution is 2.44. The summed E-state index contributed by atoms with van der Waals surface area (Å²) >= 11 is 0. The number of hydrogen-bond donors (Lipinski definition) is 4. The molecule has 3 rings (SSSR count). The van der Waals surface area contributed by atoms with Crippen molar-refractivity contribution in [3.05, 3.63) is 54.7 Å². The molecule has 2 aromatic carbocycles. The van der Waals surface area contributed by atoms with Crippen LogP contribution in [0.1, 0.15) is 13.3 Å². The standard InChI is InChI=1S/C17H20N2O3S/c1-2-11-19-23(20,21)14-8-6-13(7-9-14)22-17-5-3-4-16-15(17)10-12-18-16/h3-10,12,18-21H,2,11H2,1H3. The molecular formula is C17H20N2O3S. The molecule has 0 saturated heterocycles. The molecule has 0 atom stereocenters. The number of nitrogens with one attached hydrogen (secondary N) is 2. The average Bonchev–Trinajstić information content (AvgIpc) is 3.03. The van der Waals surface area contributed by atoms with Crippen molar-refractivity contribution in [2.75, 3.05) is 6.54 Å². The van der Waals surface area contributed by atoms with Gasteiger partial charge in [-0.1, -0.05) is 13.0 Å². The molecule has 0 spiro atoms. The molecule has 0 amide bonds. The van der Waals surface area contributed by atoms with Gasteiger partial charge in [-0.05, 0) is 48.9 Å². The lowest BCUT2D eigenvalue weighted by atomic mass is 10.2. The van der Waals surface area contributed by atoms with Gasteiger partial charge in [-0.3, -0.25) is 9.11 Å². The van der Waals surface area contributed by atoms with Crippen LogP contribution in [0.3, 0.4) is 0 Å². The largest absolute Gasteiger partial charge is 0.457 e. The van der Waals surface area contributed by atoms with Crippen LogP contribution in [0.25, 0.3) is 10.9 Å². The molecule has 4 N–H and O–H groups in total. The first-order valence-corrected chi connectivity index (χ1v) is 9.02. The molecule has 0 saturated carbocycles. The van der Waals surface area contributed by atoms with Crippen LogP contribution in [-0.4, -0.2) is 20.6 Å². The van der Waals surface area contributed by atoms with E-state index in [4.69, 9.17) is 4.74 Å². The van der Waals surface area contributed by atoms with Gasteiger partial charge in [0.2, 0.25) is 0 Å². The molecule has 0 bridgehead atoms. The summed E-state index contributed by atoms with van der Waals surface area (Å²) in [6.45, 7) is 2.52. The Labute approximate surface area is 136 Å². The Balaban J connectivity index is 1.79. The van der Waals surface area contributed by atoms with Gasteiger partial charge in [0.15, 0.2) is 0 Å². The molecule has 0 radical (unpaired) electrons. The predicted octanol–water partition coefficient (Wildman–Crippen LogP) is 4.98. The van der Waals surface area contributed by atoms with Crippen LogP contribution in [0.2, 0.25) is 0 Å². The monoisotopic (exact) mass is 332 g/mol. The van der Waals surface area contributed by atoms with Crippen LogP contribution in [0.15, 0.2) is 59.6 Å². The second kappa shape index (κ2) is 6.64. The Bertz CT molecular complexity index is 784. The number of ether oxygens (including phenoxy) is 1. The Morgan fingerprint density at radius 2 is 1.87 bits per heavy atom. The first-order chi connectivity index (χ1) is 11.1. The van der Waals surface area contributed by atoms with Crippen LogP contribution >= 0.6 is 10.8 Å². The van der Waals surface area contributed by atoms with Gasteiger partial charge >= 0.3 is 0 Å². The Morgan fingerprint density at radius 3 is 2.61 bits per heavy atom. The van der Waals surface area contributed by atoms with Crippen molar-refractivity contribution in [2.45, 2.75) is 18.2 Å². The molecular weight excluding hydrogens is 312 g/mol. The molecule has 0 unspecified atom stereocenters. The van der Waals surface area contributed by atoms with Crippen molar-refractivity contribution in [1.29, 1.82) is 0 Å². The highest BCUT2D eigenvalue weighted by molar-refractivity contribution is 8.22. The minimum atomic E-state index is -2.95. The molecule has 0 aliphatic rings. The summed E-state index contributed by atoms with van der Waals surface area (Å²) < 4.78 is 28.9. The van der Waals surface area contributed by atoms with E-state index in [0.29, 0.717) is 17.2 Å². The van der Waals surface area contributed by atoms with E-state index in [9.17, 15) is 9.11 Å². The van der Waals surface area contributed by atoms with Crippen LogP contribution in [0.5, 0.6) is 11.5 Å². The first-order valence-electron chi connectivity index (χ1n) is 7.47. The fourth-order valence-electron chi connectivity index (χ4n) is 2.30. The predicted molar refractivity (Wildman–Crippen MR) is 94.2 cm³/mol. The van der Waals surface area contributed by atoms with E-state index in [1.807, 2.05) is 37.4 Å². The van der Waals surface area contributed by atoms with Crippen LogP contribution in [0, 0.1) is 0 Å². The SMILES string of the molecule is CCCNS(O)(O)c1ccc(Oc2cccc3[nH]ccc23)cc1. The smallest absolute Gasteiger partial charge is 0.136 e. The summed E-state index contributed by atoms with van der Waals surface area (Å²) in [7, 11) is -2.95. The van der Waals surface area contributed by atoms with Crippen molar-refractivity contribution in [1.82, 2.24) is 9.71 Å². The van der Waals surface area contributed by atoms with Gasteiger partial charge in [0, 0.05) is 23.6 Å². The maximum atomic E-state index is 10.1. The minimum Gasteiger partial charge on any atom is -0.457 e. The summed E-state index contributed by atoms with van der Waals surface area (Å²) in [4.78, 5) is 3.60. The van der Waals surface area contributed by atoms with Crippen molar-refractivity contribution < 1.29 is 13.8 Å². The lowest BCUT2D eigenvalue weighted by Gasteiger charge is -2.32. The van der Waals surface area contributed by atoms with Crippen molar-refractivity contribution >= 4 is 21.7 Å². The van der Waals surface area contributed by atoms with E-state index in [1.165, 1.54) is 0 Å². The van der Waals surface area contributed by atoms with Gasteiger partial charge in [-0.25, -0.2) is 4.72 Å². The topological polar surface area (TPSA) is 77.5 Å². The first kappa shape index (κ1) is 15.9. The zero-order valence-electron chi connectivity index (χ0n) is 12.8. The van der Waals surface area contributed by atoms with E-state index in [-0.39, 0.29) is 0 Å². The van der Waals surface area contributed by atoms with Gasteiger partial charge in [0.1, 0.15) is 11.5 Å². The molecule has 1 aromatic heterocycles. The van der Waals surface area contributed by atoms with Gasteiger partial charge < -0.3 is 9.72 Å². The summed E-state index contributed by atoms with van der Waals surface area (Å²) in [5, 5.41) is 1.01. The summed E-state index contributed by atoms with van der Waals surface area (Å²) in [5.41, 5.74) is 1.01. The fraction of sp³-hybridized carbons (Fsp3) is 0.176. The molecule has 3 aromatic rings. The quantitative estimate of drug-likeness (QED) is 0.513. The second-order valence-electron chi connectivity index (χ2n) is 5.21. The molecule has 23 heavy (non-hydrogen) atoms. The number of H-pyrrole nitrogens is 1. The zero-order chi connectivity index (χ0) is 16.3. The van der Waals surface area contributed by atoms with Gasteiger partial charge in [0.05, 0.1) is 4.90 Å². The number of benzene rings is 2. The summed E-state index contributed by atoms with van der Waals surface area (Å²) in [6, 6.07) is 14.6.